The van der Waals surface area contributed by atoms with Crippen LogP contribution in [0.4, 0.5) is 0 Å². The van der Waals surface area contributed by atoms with Crippen LogP contribution in [-0.4, -0.2) is 34.1 Å². The first kappa shape index (κ1) is 16.1. The Kier molecular flexibility index (Phi) is 4.17. The minimum absolute atomic E-state index is 0.0108. The van der Waals surface area contributed by atoms with E-state index >= 15 is 0 Å². The summed E-state index contributed by atoms with van der Waals surface area (Å²) < 4.78 is 11.4. The van der Waals surface area contributed by atoms with Crippen LogP contribution < -0.4 is 0 Å². The van der Waals surface area contributed by atoms with Gasteiger partial charge in [0, 0.05) is 24.0 Å². The van der Waals surface area contributed by atoms with E-state index in [2.05, 4.69) is 10.2 Å². The molecule has 25 heavy (non-hydrogen) atoms. The van der Waals surface area contributed by atoms with E-state index in [9.17, 15) is 4.79 Å². The van der Waals surface area contributed by atoms with E-state index in [1.54, 1.807) is 11.3 Å². The zero-order valence-electron chi connectivity index (χ0n) is 14.2. The molecule has 0 spiro atoms. The third-order valence-corrected chi connectivity index (χ3v) is 5.22. The third kappa shape index (κ3) is 3.11. The second-order valence-electron chi connectivity index (χ2n) is 6.37. The molecule has 0 N–H and O–H groups in total. The summed E-state index contributed by atoms with van der Waals surface area (Å²) in [5.41, 5.74) is 1.58. The van der Waals surface area contributed by atoms with Crippen molar-refractivity contribution in [3.05, 3.63) is 45.9 Å². The molecule has 0 saturated carbocycles. The highest BCUT2D eigenvalue weighted by Gasteiger charge is 2.30. The van der Waals surface area contributed by atoms with Crippen LogP contribution in [0.3, 0.4) is 0 Å². The number of carbonyl (C=O) groups excluding carboxylic acids is 1. The Hall–Kier alpha value is -2.41. The molecule has 1 fully saturated rings. The Bertz CT molecular complexity index is 881. The number of hydrogen-bond acceptors (Lipinski definition) is 6. The van der Waals surface area contributed by atoms with E-state index in [0.29, 0.717) is 29.6 Å². The first-order chi connectivity index (χ1) is 12.1. The van der Waals surface area contributed by atoms with Gasteiger partial charge in [-0.2, -0.15) is 11.3 Å². The first-order valence-corrected chi connectivity index (χ1v) is 9.28. The van der Waals surface area contributed by atoms with Gasteiger partial charge < -0.3 is 13.7 Å². The number of nitrogens with zero attached hydrogens (tertiary/aromatic N) is 3. The smallest absolute Gasteiger partial charge is 0.257 e. The molecule has 1 aliphatic heterocycles. The molecular weight excluding hydrogens is 338 g/mol. The number of aromatic nitrogens is 2. The van der Waals surface area contributed by atoms with Crippen molar-refractivity contribution < 1.29 is 13.6 Å². The Morgan fingerprint density at radius 1 is 1.32 bits per heavy atom. The van der Waals surface area contributed by atoms with Crippen molar-refractivity contribution in [3.8, 4) is 11.5 Å². The maximum atomic E-state index is 12.8. The van der Waals surface area contributed by atoms with Crippen molar-refractivity contribution in [2.45, 2.75) is 32.6 Å². The normalized spacial score (nSPS) is 17.8. The second-order valence-corrected chi connectivity index (χ2v) is 7.15. The average Bonchev–Trinajstić information content (AvgIpc) is 3.34. The molecule has 0 aromatic carbocycles. The van der Waals surface area contributed by atoms with E-state index in [0.717, 1.165) is 30.7 Å². The van der Waals surface area contributed by atoms with Crippen molar-refractivity contribution in [1.82, 2.24) is 15.1 Å². The fourth-order valence-corrected chi connectivity index (χ4v) is 3.91. The third-order valence-electron chi connectivity index (χ3n) is 4.54. The molecule has 1 atom stereocenters. The molecule has 0 radical (unpaired) electrons. The molecule has 1 unspecified atom stereocenters. The van der Waals surface area contributed by atoms with Gasteiger partial charge in [0.2, 0.25) is 11.8 Å². The van der Waals surface area contributed by atoms with Gasteiger partial charge in [-0.05, 0) is 44.2 Å². The minimum atomic E-state index is 0.0108. The van der Waals surface area contributed by atoms with Gasteiger partial charge >= 0.3 is 0 Å². The number of thiophene rings is 1. The highest BCUT2D eigenvalue weighted by molar-refractivity contribution is 7.08. The van der Waals surface area contributed by atoms with Crippen LogP contribution in [-0.2, 0) is 0 Å². The molecule has 1 aliphatic rings. The van der Waals surface area contributed by atoms with Crippen LogP contribution in [0.25, 0.3) is 11.5 Å². The zero-order valence-corrected chi connectivity index (χ0v) is 15.0. The number of carbonyl (C=O) groups is 1. The fourth-order valence-electron chi connectivity index (χ4n) is 3.28. The lowest BCUT2D eigenvalue weighted by atomic mass is 9.97. The van der Waals surface area contributed by atoms with Crippen LogP contribution in [0, 0.1) is 13.8 Å². The summed E-state index contributed by atoms with van der Waals surface area (Å²) in [6.45, 7) is 5.01. The quantitative estimate of drug-likeness (QED) is 0.708. The molecular formula is C18H19N3O3S. The van der Waals surface area contributed by atoms with E-state index in [1.807, 2.05) is 41.6 Å². The van der Waals surface area contributed by atoms with Gasteiger partial charge in [-0.25, -0.2) is 0 Å². The predicted octanol–water partition coefficient (Wildman–Crippen LogP) is 4.03. The van der Waals surface area contributed by atoms with Gasteiger partial charge in [0.05, 0.1) is 11.5 Å². The van der Waals surface area contributed by atoms with Gasteiger partial charge in [-0.1, -0.05) is 0 Å². The number of likely N-dealkylation sites (tertiary alicyclic amines) is 1. The zero-order chi connectivity index (χ0) is 17.4. The lowest BCUT2D eigenvalue weighted by Crippen LogP contribution is -2.39. The predicted molar refractivity (Wildman–Crippen MR) is 93.7 cm³/mol. The lowest BCUT2D eigenvalue weighted by molar-refractivity contribution is 0.0696. The molecule has 130 valence electrons. The maximum absolute atomic E-state index is 12.8. The molecule has 3 aromatic heterocycles. The van der Waals surface area contributed by atoms with E-state index in [1.165, 1.54) is 0 Å². The summed E-state index contributed by atoms with van der Waals surface area (Å²) in [6.07, 6.45) is 1.86. The molecule has 6 nitrogen and oxygen atoms in total. The summed E-state index contributed by atoms with van der Waals surface area (Å²) in [7, 11) is 0. The monoisotopic (exact) mass is 357 g/mol. The summed E-state index contributed by atoms with van der Waals surface area (Å²) in [5.74, 6) is 2.66. The summed E-state index contributed by atoms with van der Waals surface area (Å²) in [5, 5.41) is 12.3. The molecule has 3 aromatic rings. The molecule has 4 rings (SSSR count). The molecule has 4 heterocycles. The Morgan fingerprint density at radius 2 is 2.20 bits per heavy atom. The van der Waals surface area contributed by atoms with Gasteiger partial charge in [0.25, 0.3) is 5.91 Å². The summed E-state index contributed by atoms with van der Waals surface area (Å²) >= 11 is 1.59. The molecule has 1 saturated heterocycles. The summed E-state index contributed by atoms with van der Waals surface area (Å²) in [6, 6.07) is 3.77. The topological polar surface area (TPSA) is 72.4 Å². The van der Waals surface area contributed by atoms with Gasteiger partial charge in [-0.15, -0.1) is 10.2 Å². The van der Waals surface area contributed by atoms with Crippen molar-refractivity contribution in [2.75, 3.05) is 13.1 Å². The Labute approximate surface area is 149 Å². The van der Waals surface area contributed by atoms with Crippen LogP contribution in [0.1, 0.15) is 46.5 Å². The van der Waals surface area contributed by atoms with Crippen LogP contribution in [0.15, 0.2) is 31.7 Å². The number of hydrogen-bond donors (Lipinski definition) is 0. The van der Waals surface area contributed by atoms with Crippen LogP contribution >= 0.6 is 11.3 Å². The summed E-state index contributed by atoms with van der Waals surface area (Å²) in [4.78, 5) is 14.7. The van der Waals surface area contributed by atoms with Crippen molar-refractivity contribution in [1.29, 1.82) is 0 Å². The van der Waals surface area contributed by atoms with Gasteiger partial charge in [-0.3, -0.25) is 4.79 Å². The van der Waals surface area contributed by atoms with Crippen molar-refractivity contribution >= 4 is 17.2 Å². The minimum Gasteiger partial charge on any atom is -0.466 e. The fraction of sp³-hybridized carbons (Fsp3) is 0.389. The van der Waals surface area contributed by atoms with E-state index in [4.69, 9.17) is 8.83 Å². The highest BCUT2D eigenvalue weighted by Crippen LogP contribution is 2.30. The van der Waals surface area contributed by atoms with Crippen LogP contribution in [0.5, 0.6) is 0 Å². The Morgan fingerprint density at radius 3 is 2.92 bits per heavy atom. The number of aryl methyl sites for hydroxylation is 2. The van der Waals surface area contributed by atoms with Crippen molar-refractivity contribution in [3.63, 3.8) is 0 Å². The highest BCUT2D eigenvalue weighted by atomic mass is 32.1. The van der Waals surface area contributed by atoms with Crippen LogP contribution in [0.2, 0.25) is 0 Å². The molecule has 0 aliphatic carbocycles. The number of piperidine rings is 1. The largest absolute Gasteiger partial charge is 0.466 e. The van der Waals surface area contributed by atoms with Gasteiger partial charge in [0.1, 0.15) is 11.5 Å². The standard InChI is InChI=1S/C18H19N3O3S/c1-11-8-15(12(2)23-11)18(22)21-6-3-4-13(9-21)16-19-20-17(24-16)14-5-7-25-10-14/h5,7-8,10,13H,3-4,6,9H2,1-2H3. The lowest BCUT2D eigenvalue weighted by Gasteiger charge is -2.31. The molecule has 1 amide bonds. The van der Waals surface area contributed by atoms with E-state index in [-0.39, 0.29) is 11.8 Å². The number of rotatable bonds is 3. The van der Waals surface area contributed by atoms with Gasteiger partial charge in [0.15, 0.2) is 0 Å². The Balaban J connectivity index is 1.51. The maximum Gasteiger partial charge on any atom is 0.257 e. The number of furan rings is 1. The second kappa shape index (κ2) is 6.48. The van der Waals surface area contributed by atoms with Crippen molar-refractivity contribution in [2.24, 2.45) is 0 Å². The first-order valence-electron chi connectivity index (χ1n) is 8.34. The average molecular weight is 357 g/mol. The van der Waals surface area contributed by atoms with E-state index < -0.39 is 0 Å². The molecule has 0 bridgehead atoms. The molecule has 7 heteroatoms. The SMILES string of the molecule is Cc1cc(C(=O)N2CCCC(c3nnc(-c4ccsc4)o3)C2)c(C)o1. The number of amides is 1.